The van der Waals surface area contributed by atoms with Crippen molar-refractivity contribution < 1.29 is 0 Å². The molecule has 0 bridgehead atoms. The zero-order valence-electron chi connectivity index (χ0n) is 18.5. The molecule has 30 heavy (non-hydrogen) atoms. The van der Waals surface area contributed by atoms with Crippen molar-refractivity contribution in [3.05, 3.63) is 69.7 Å². The van der Waals surface area contributed by atoms with Gasteiger partial charge in [-0.2, -0.15) is 0 Å². The van der Waals surface area contributed by atoms with Crippen LogP contribution in [0.5, 0.6) is 0 Å². The molecule has 164 valence electrons. The van der Waals surface area contributed by atoms with Gasteiger partial charge in [-0.05, 0) is 73.9 Å². The maximum atomic E-state index is 6.38. The first-order chi connectivity index (χ1) is 14.6. The number of rotatable bonds is 10. The van der Waals surface area contributed by atoms with Gasteiger partial charge in [0.2, 0.25) is 0 Å². The van der Waals surface area contributed by atoms with Crippen molar-refractivity contribution in [1.29, 1.82) is 0 Å². The van der Waals surface area contributed by atoms with E-state index in [1.807, 2.05) is 24.3 Å². The lowest BCUT2D eigenvalue weighted by atomic mass is 9.81. The van der Waals surface area contributed by atoms with Crippen molar-refractivity contribution in [3.63, 3.8) is 0 Å². The third kappa shape index (κ3) is 6.99. The van der Waals surface area contributed by atoms with E-state index < -0.39 is 0 Å². The summed E-state index contributed by atoms with van der Waals surface area (Å²) in [5, 5.41) is 1.77. The largest absolute Gasteiger partial charge is 0.299 e. The molecule has 0 atom stereocenters. The van der Waals surface area contributed by atoms with Gasteiger partial charge in [0.25, 0.3) is 0 Å². The summed E-state index contributed by atoms with van der Waals surface area (Å²) in [6.07, 6.45) is 5.36. The summed E-state index contributed by atoms with van der Waals surface area (Å²) in [7, 11) is 0. The molecule has 2 nitrogen and oxygen atoms in total. The van der Waals surface area contributed by atoms with Crippen LogP contribution in [0.25, 0.3) is 0 Å². The SMILES string of the molecule is CCN(Cc1ccccc1Cl)CC1CCC(CN(CC)Cc2ccccc2Cl)CC1. The van der Waals surface area contributed by atoms with Crippen molar-refractivity contribution >= 4 is 23.2 Å². The van der Waals surface area contributed by atoms with Gasteiger partial charge in [0.15, 0.2) is 0 Å². The second kappa shape index (κ2) is 12.1. The van der Waals surface area contributed by atoms with Crippen molar-refractivity contribution in [2.75, 3.05) is 26.2 Å². The standard InChI is InChI=1S/C26H36Cl2N2/c1-3-29(19-23-9-5-7-11-25(23)27)17-21-13-15-22(16-14-21)18-30(4-2)20-24-10-6-8-12-26(24)28/h5-12,21-22H,3-4,13-20H2,1-2H3. The molecule has 3 rings (SSSR count). The highest BCUT2D eigenvalue weighted by Crippen LogP contribution is 2.31. The highest BCUT2D eigenvalue weighted by Gasteiger charge is 2.24. The summed E-state index contributed by atoms with van der Waals surface area (Å²) >= 11 is 12.8. The third-order valence-electron chi connectivity index (χ3n) is 6.60. The molecule has 0 amide bonds. The van der Waals surface area contributed by atoms with E-state index in [0.29, 0.717) is 0 Å². The fourth-order valence-corrected chi connectivity index (χ4v) is 5.06. The molecule has 1 fully saturated rings. The second-order valence-corrected chi connectivity index (χ2v) is 9.54. The van der Waals surface area contributed by atoms with Crippen molar-refractivity contribution in [2.24, 2.45) is 11.8 Å². The minimum atomic E-state index is 0.808. The van der Waals surface area contributed by atoms with Gasteiger partial charge in [-0.1, -0.05) is 73.4 Å². The maximum absolute atomic E-state index is 6.38. The van der Waals surface area contributed by atoms with Crippen LogP contribution in [0.3, 0.4) is 0 Å². The molecular formula is C26H36Cl2N2. The van der Waals surface area contributed by atoms with E-state index in [9.17, 15) is 0 Å². The Morgan fingerprint density at radius 1 is 0.667 bits per heavy atom. The van der Waals surface area contributed by atoms with Gasteiger partial charge in [-0.15, -0.1) is 0 Å². The molecule has 0 saturated heterocycles. The molecule has 0 unspecified atom stereocenters. The minimum Gasteiger partial charge on any atom is -0.299 e. The van der Waals surface area contributed by atoms with Crippen LogP contribution in [0.1, 0.15) is 50.7 Å². The lowest BCUT2D eigenvalue weighted by molar-refractivity contribution is 0.149. The minimum absolute atomic E-state index is 0.808. The Morgan fingerprint density at radius 3 is 1.37 bits per heavy atom. The van der Waals surface area contributed by atoms with Crippen LogP contribution in [-0.4, -0.2) is 36.0 Å². The Morgan fingerprint density at radius 2 is 1.03 bits per heavy atom. The molecule has 2 aromatic rings. The number of hydrogen-bond acceptors (Lipinski definition) is 2. The quantitative estimate of drug-likeness (QED) is 0.382. The van der Waals surface area contributed by atoms with E-state index in [1.165, 1.54) is 49.9 Å². The van der Waals surface area contributed by atoms with Gasteiger partial charge in [0.05, 0.1) is 0 Å². The van der Waals surface area contributed by atoms with Crippen molar-refractivity contribution in [1.82, 2.24) is 9.80 Å². The van der Waals surface area contributed by atoms with Gasteiger partial charge >= 0.3 is 0 Å². The van der Waals surface area contributed by atoms with E-state index in [0.717, 1.165) is 48.1 Å². The highest BCUT2D eigenvalue weighted by atomic mass is 35.5. The van der Waals surface area contributed by atoms with Crippen LogP contribution < -0.4 is 0 Å². The zero-order valence-corrected chi connectivity index (χ0v) is 20.0. The topological polar surface area (TPSA) is 6.48 Å². The van der Waals surface area contributed by atoms with Gasteiger partial charge in [0, 0.05) is 36.2 Å². The summed E-state index contributed by atoms with van der Waals surface area (Å²) in [6, 6.07) is 16.5. The van der Waals surface area contributed by atoms with Crippen LogP contribution >= 0.6 is 23.2 Å². The Hall–Kier alpha value is -1.06. The highest BCUT2D eigenvalue weighted by molar-refractivity contribution is 6.31. The predicted molar refractivity (Wildman–Crippen MR) is 130 cm³/mol. The van der Waals surface area contributed by atoms with E-state index in [2.05, 4.69) is 47.9 Å². The summed E-state index contributed by atoms with van der Waals surface area (Å²) in [6.45, 7) is 11.0. The molecule has 0 spiro atoms. The number of nitrogens with zero attached hydrogens (tertiary/aromatic N) is 2. The van der Waals surface area contributed by atoms with E-state index >= 15 is 0 Å². The zero-order chi connectivity index (χ0) is 21.3. The molecule has 0 aliphatic heterocycles. The third-order valence-corrected chi connectivity index (χ3v) is 7.33. The molecule has 2 aromatic carbocycles. The van der Waals surface area contributed by atoms with E-state index in [-0.39, 0.29) is 0 Å². The Bertz CT molecular complexity index is 706. The number of hydrogen-bond donors (Lipinski definition) is 0. The molecule has 1 aliphatic carbocycles. The summed E-state index contributed by atoms with van der Waals surface area (Å²) in [4.78, 5) is 5.11. The van der Waals surface area contributed by atoms with Crippen LogP contribution in [0.15, 0.2) is 48.5 Å². The second-order valence-electron chi connectivity index (χ2n) is 8.73. The normalized spacial score (nSPS) is 19.5. The van der Waals surface area contributed by atoms with Crippen LogP contribution in [0.4, 0.5) is 0 Å². The van der Waals surface area contributed by atoms with E-state index in [1.54, 1.807) is 0 Å². The first kappa shape index (κ1) is 23.6. The molecule has 0 radical (unpaired) electrons. The summed E-state index contributed by atoms with van der Waals surface area (Å²) < 4.78 is 0. The van der Waals surface area contributed by atoms with Crippen LogP contribution in [0.2, 0.25) is 10.0 Å². The fourth-order valence-electron chi connectivity index (χ4n) is 4.67. The first-order valence-corrected chi connectivity index (χ1v) is 12.3. The molecule has 0 aromatic heterocycles. The molecule has 4 heteroatoms. The lowest BCUT2D eigenvalue weighted by Gasteiger charge is -2.35. The Balaban J connectivity index is 1.45. The lowest BCUT2D eigenvalue weighted by Crippen LogP contribution is -2.34. The molecular weight excluding hydrogens is 411 g/mol. The Kier molecular flexibility index (Phi) is 9.52. The smallest absolute Gasteiger partial charge is 0.0451 e. The van der Waals surface area contributed by atoms with Gasteiger partial charge in [0.1, 0.15) is 0 Å². The van der Waals surface area contributed by atoms with Crippen LogP contribution in [0, 0.1) is 11.8 Å². The first-order valence-electron chi connectivity index (χ1n) is 11.5. The van der Waals surface area contributed by atoms with Crippen LogP contribution in [-0.2, 0) is 13.1 Å². The van der Waals surface area contributed by atoms with Gasteiger partial charge in [-0.3, -0.25) is 9.80 Å². The molecule has 1 aliphatic rings. The monoisotopic (exact) mass is 446 g/mol. The molecule has 1 saturated carbocycles. The van der Waals surface area contributed by atoms with E-state index in [4.69, 9.17) is 23.2 Å². The number of benzene rings is 2. The van der Waals surface area contributed by atoms with Gasteiger partial charge in [-0.25, -0.2) is 0 Å². The Labute approximate surface area is 193 Å². The van der Waals surface area contributed by atoms with Gasteiger partial charge < -0.3 is 0 Å². The molecule has 0 N–H and O–H groups in total. The van der Waals surface area contributed by atoms with Crippen molar-refractivity contribution in [2.45, 2.75) is 52.6 Å². The average Bonchev–Trinajstić information content (AvgIpc) is 2.77. The predicted octanol–water partition coefficient (Wildman–Crippen LogP) is 7.14. The summed E-state index contributed by atoms with van der Waals surface area (Å²) in [5.74, 6) is 1.62. The average molecular weight is 447 g/mol. The maximum Gasteiger partial charge on any atom is 0.0451 e. The molecule has 0 heterocycles. The fraction of sp³-hybridized carbons (Fsp3) is 0.538. The van der Waals surface area contributed by atoms with Crippen molar-refractivity contribution in [3.8, 4) is 0 Å². The number of halogens is 2. The summed E-state index contributed by atoms with van der Waals surface area (Å²) in [5.41, 5.74) is 2.49.